The Morgan fingerprint density at radius 1 is 1.00 bits per heavy atom. The fourth-order valence-corrected chi connectivity index (χ4v) is 3.00. The van der Waals surface area contributed by atoms with Crippen LogP contribution >= 0.6 is 0 Å². The Morgan fingerprint density at radius 3 is 2.43 bits per heavy atom. The number of fused-ring (bicyclic) bond motifs is 2. The molecule has 0 saturated carbocycles. The predicted octanol–water partition coefficient (Wildman–Crippen LogP) is 4.75. The summed E-state index contributed by atoms with van der Waals surface area (Å²) in [5, 5.41) is 3.54. The molecule has 0 fully saturated rings. The third-order valence-corrected chi connectivity index (χ3v) is 4.37. The second-order valence-electron chi connectivity index (χ2n) is 6.46. The van der Waals surface area contributed by atoms with E-state index in [9.17, 15) is 22.8 Å². The van der Waals surface area contributed by atoms with E-state index in [-0.39, 0.29) is 11.8 Å². The summed E-state index contributed by atoms with van der Waals surface area (Å²) >= 11 is 0. The Balaban J connectivity index is 1.72. The van der Waals surface area contributed by atoms with Crippen LogP contribution in [0.5, 0.6) is 5.75 Å². The maximum Gasteiger partial charge on any atom is 0.389 e. The molecule has 2 N–H and O–H groups in total. The fraction of sp³-hybridized carbons (Fsp3) is 0.300. The van der Waals surface area contributed by atoms with Crippen LogP contribution in [0.25, 0.3) is 21.8 Å². The highest BCUT2D eigenvalue weighted by Gasteiger charge is 2.25. The number of carbonyl (C=O) groups is 1. The lowest BCUT2D eigenvalue weighted by Crippen LogP contribution is -2.07. The van der Waals surface area contributed by atoms with Gasteiger partial charge in [0.15, 0.2) is 5.43 Å². The zero-order valence-corrected chi connectivity index (χ0v) is 14.9. The number of amides is 1. The molecule has 1 heterocycles. The van der Waals surface area contributed by atoms with Crippen LogP contribution in [0, 0.1) is 0 Å². The average molecular weight is 392 g/mol. The quantitative estimate of drug-likeness (QED) is 0.330. The first kappa shape index (κ1) is 19.7. The van der Waals surface area contributed by atoms with E-state index in [2.05, 4.69) is 10.3 Å². The van der Waals surface area contributed by atoms with Crippen molar-refractivity contribution in [3.63, 3.8) is 0 Å². The van der Waals surface area contributed by atoms with Gasteiger partial charge in [0.1, 0.15) is 5.75 Å². The molecule has 0 bridgehead atoms. The molecule has 0 atom stereocenters. The van der Waals surface area contributed by atoms with Gasteiger partial charge in [-0.3, -0.25) is 9.59 Å². The van der Waals surface area contributed by atoms with Gasteiger partial charge in [0.2, 0.25) is 6.41 Å². The molecule has 148 valence electrons. The molecule has 2 aromatic carbocycles. The number of halogens is 3. The van der Waals surface area contributed by atoms with Gasteiger partial charge < -0.3 is 15.0 Å². The largest absolute Gasteiger partial charge is 0.494 e. The first-order valence-electron chi connectivity index (χ1n) is 8.87. The van der Waals surface area contributed by atoms with Crippen molar-refractivity contribution >= 4 is 33.9 Å². The van der Waals surface area contributed by atoms with E-state index in [1.54, 1.807) is 36.4 Å². The van der Waals surface area contributed by atoms with Gasteiger partial charge in [-0.2, -0.15) is 13.2 Å². The summed E-state index contributed by atoms with van der Waals surface area (Å²) in [5.74, 6) is 0.528. The number of carbonyl (C=O) groups excluding carboxylic acids is 1. The number of H-pyrrole nitrogens is 1. The Morgan fingerprint density at radius 2 is 1.71 bits per heavy atom. The number of benzene rings is 2. The number of aromatic amines is 1. The number of ether oxygens (including phenoxy) is 1. The van der Waals surface area contributed by atoms with Crippen LogP contribution < -0.4 is 15.5 Å². The van der Waals surface area contributed by atoms with E-state index < -0.39 is 12.6 Å². The lowest BCUT2D eigenvalue weighted by molar-refractivity contribution is -0.135. The summed E-state index contributed by atoms with van der Waals surface area (Å²) in [7, 11) is 0. The summed E-state index contributed by atoms with van der Waals surface area (Å²) in [6.45, 7) is 0.300. The average Bonchev–Trinajstić information content (AvgIpc) is 2.64. The van der Waals surface area contributed by atoms with Crippen LogP contribution in [0.1, 0.15) is 25.7 Å². The SMILES string of the molecule is O=CNc1ccc2c(=O)c3ccc(OCCCCCC(F)(F)F)cc3[nH]c2c1. The molecule has 0 radical (unpaired) electrons. The molecule has 3 rings (SSSR count). The van der Waals surface area contributed by atoms with Gasteiger partial charge in [-0.1, -0.05) is 0 Å². The normalized spacial score (nSPS) is 11.7. The molecule has 0 aliphatic rings. The molecule has 28 heavy (non-hydrogen) atoms. The van der Waals surface area contributed by atoms with Gasteiger partial charge in [-0.15, -0.1) is 0 Å². The number of nitrogens with one attached hydrogen (secondary N) is 2. The van der Waals surface area contributed by atoms with E-state index in [1.807, 2.05) is 0 Å². The van der Waals surface area contributed by atoms with Crippen molar-refractivity contribution in [2.75, 3.05) is 11.9 Å². The van der Waals surface area contributed by atoms with Gasteiger partial charge in [0.25, 0.3) is 0 Å². The smallest absolute Gasteiger partial charge is 0.389 e. The topological polar surface area (TPSA) is 71.2 Å². The number of anilines is 1. The fourth-order valence-electron chi connectivity index (χ4n) is 3.00. The standard InChI is InChI=1S/C20H19F3N2O3/c21-20(22,23)8-2-1-3-9-28-14-5-7-16-18(11-14)25-17-10-13(24-12-26)4-6-15(17)19(16)27/h4-7,10-12H,1-3,8-9H2,(H,24,26)(H,25,27). The van der Waals surface area contributed by atoms with Crippen LogP contribution in [0.15, 0.2) is 41.2 Å². The van der Waals surface area contributed by atoms with Crippen LogP contribution in [0.3, 0.4) is 0 Å². The third-order valence-electron chi connectivity index (χ3n) is 4.37. The van der Waals surface area contributed by atoms with Gasteiger partial charge in [0.05, 0.1) is 17.6 Å². The van der Waals surface area contributed by atoms with Gasteiger partial charge >= 0.3 is 6.18 Å². The zero-order valence-electron chi connectivity index (χ0n) is 14.9. The van der Waals surface area contributed by atoms with Crippen molar-refractivity contribution in [1.29, 1.82) is 0 Å². The molecular weight excluding hydrogens is 373 g/mol. The van der Waals surface area contributed by atoms with Crippen LogP contribution in [-0.4, -0.2) is 24.2 Å². The Hall–Kier alpha value is -3.03. The Labute approximate surface area is 158 Å². The first-order chi connectivity index (χ1) is 13.4. The number of alkyl halides is 3. The number of hydrogen-bond donors (Lipinski definition) is 2. The molecule has 8 heteroatoms. The molecule has 1 amide bonds. The highest BCUT2D eigenvalue weighted by molar-refractivity contribution is 5.94. The summed E-state index contributed by atoms with van der Waals surface area (Å²) in [4.78, 5) is 26.4. The molecular formula is C20H19F3N2O3. The van der Waals surface area contributed by atoms with E-state index in [1.165, 1.54) is 0 Å². The van der Waals surface area contributed by atoms with Crippen LogP contribution in [0.2, 0.25) is 0 Å². The van der Waals surface area contributed by atoms with Crippen LogP contribution in [0.4, 0.5) is 18.9 Å². The van der Waals surface area contributed by atoms with Crippen molar-refractivity contribution < 1.29 is 22.7 Å². The molecule has 5 nitrogen and oxygen atoms in total. The number of aromatic nitrogens is 1. The Kier molecular flexibility index (Phi) is 5.87. The minimum atomic E-state index is -4.12. The Bertz CT molecular complexity index is 1040. The van der Waals surface area contributed by atoms with E-state index in [4.69, 9.17) is 4.74 Å². The van der Waals surface area contributed by atoms with Crippen LogP contribution in [-0.2, 0) is 4.79 Å². The minimum absolute atomic E-state index is 0.0844. The van der Waals surface area contributed by atoms with E-state index >= 15 is 0 Å². The molecule has 0 aliphatic heterocycles. The summed E-state index contributed by atoms with van der Waals surface area (Å²) < 4.78 is 41.9. The first-order valence-corrected chi connectivity index (χ1v) is 8.87. The molecule has 0 unspecified atom stereocenters. The van der Waals surface area contributed by atoms with E-state index in [0.717, 1.165) is 0 Å². The molecule has 0 saturated heterocycles. The second kappa shape index (κ2) is 8.33. The molecule has 0 aliphatic carbocycles. The maximum atomic E-state index is 12.6. The van der Waals surface area contributed by atoms with Crippen molar-refractivity contribution in [2.45, 2.75) is 31.9 Å². The predicted molar refractivity (Wildman–Crippen MR) is 102 cm³/mol. The van der Waals surface area contributed by atoms with Gasteiger partial charge in [-0.05, 0) is 49.6 Å². The molecule has 0 spiro atoms. The lowest BCUT2D eigenvalue weighted by atomic mass is 10.1. The second-order valence-corrected chi connectivity index (χ2v) is 6.46. The highest BCUT2D eigenvalue weighted by atomic mass is 19.4. The number of rotatable bonds is 8. The zero-order chi connectivity index (χ0) is 20.1. The van der Waals surface area contributed by atoms with Crippen molar-refractivity contribution in [3.05, 3.63) is 46.6 Å². The number of unbranched alkanes of at least 4 members (excludes halogenated alkanes) is 2. The highest BCUT2D eigenvalue weighted by Crippen LogP contribution is 2.24. The monoisotopic (exact) mass is 392 g/mol. The maximum absolute atomic E-state index is 12.6. The third kappa shape index (κ3) is 4.82. The minimum Gasteiger partial charge on any atom is -0.494 e. The lowest BCUT2D eigenvalue weighted by Gasteiger charge is -2.09. The number of hydrogen-bond acceptors (Lipinski definition) is 3. The summed E-state index contributed by atoms with van der Waals surface area (Å²) in [6, 6.07) is 9.97. The van der Waals surface area contributed by atoms with E-state index in [0.29, 0.717) is 59.1 Å². The summed E-state index contributed by atoms with van der Waals surface area (Å²) in [6.07, 6.45) is -3.31. The number of pyridine rings is 1. The van der Waals surface area contributed by atoms with Gasteiger partial charge in [-0.25, -0.2) is 0 Å². The van der Waals surface area contributed by atoms with Crippen molar-refractivity contribution in [1.82, 2.24) is 4.98 Å². The molecule has 3 aromatic rings. The summed E-state index contributed by atoms with van der Waals surface area (Å²) in [5.41, 5.74) is 1.58. The van der Waals surface area contributed by atoms with Crippen molar-refractivity contribution in [3.8, 4) is 5.75 Å². The van der Waals surface area contributed by atoms with Crippen molar-refractivity contribution in [2.24, 2.45) is 0 Å². The van der Waals surface area contributed by atoms with Gasteiger partial charge in [0, 0.05) is 28.9 Å². The molecule has 1 aromatic heterocycles.